The molecule has 0 fully saturated rings. The molecule has 1 aromatic carbocycles. The monoisotopic (exact) mass is 405 g/mol. The highest BCUT2D eigenvalue weighted by atomic mass is 32.1. The van der Waals surface area contributed by atoms with E-state index in [1.54, 1.807) is 23.9 Å². The molecule has 0 saturated carbocycles. The normalized spacial score (nSPS) is 12.9. The van der Waals surface area contributed by atoms with Gasteiger partial charge in [-0.15, -0.1) is 11.3 Å². The molecule has 4 heterocycles. The summed E-state index contributed by atoms with van der Waals surface area (Å²) < 4.78 is 7.93. The van der Waals surface area contributed by atoms with E-state index in [-0.39, 0.29) is 11.6 Å². The van der Waals surface area contributed by atoms with Gasteiger partial charge in [0.1, 0.15) is 12.1 Å². The predicted molar refractivity (Wildman–Crippen MR) is 112 cm³/mol. The van der Waals surface area contributed by atoms with Crippen molar-refractivity contribution in [3.05, 3.63) is 58.1 Å². The van der Waals surface area contributed by atoms with Gasteiger partial charge in [-0.2, -0.15) is 5.10 Å². The van der Waals surface area contributed by atoms with Crippen molar-refractivity contribution in [1.82, 2.24) is 24.7 Å². The molecule has 1 aliphatic heterocycles. The molecule has 0 radical (unpaired) electrons. The van der Waals surface area contributed by atoms with Gasteiger partial charge in [0, 0.05) is 35.2 Å². The molecule has 1 aliphatic rings. The maximum Gasteiger partial charge on any atom is 0.247 e. The summed E-state index contributed by atoms with van der Waals surface area (Å²) in [6, 6.07) is 9.62. The van der Waals surface area contributed by atoms with Crippen LogP contribution >= 0.6 is 11.3 Å². The Bertz CT molecular complexity index is 1230. The van der Waals surface area contributed by atoms with Crippen molar-refractivity contribution in [2.75, 3.05) is 6.61 Å². The van der Waals surface area contributed by atoms with Crippen LogP contribution in [0.5, 0.6) is 5.75 Å². The molecule has 4 aromatic rings. The minimum atomic E-state index is -0.117. The van der Waals surface area contributed by atoms with Crippen LogP contribution < -0.4 is 10.3 Å². The van der Waals surface area contributed by atoms with E-state index >= 15 is 0 Å². The fourth-order valence-electron chi connectivity index (χ4n) is 3.47. The van der Waals surface area contributed by atoms with Crippen molar-refractivity contribution < 1.29 is 4.74 Å². The fourth-order valence-corrected chi connectivity index (χ4v) is 4.51. The first kappa shape index (κ1) is 17.8. The Hall–Kier alpha value is -3.26. The first-order valence-corrected chi connectivity index (χ1v) is 10.3. The van der Waals surface area contributed by atoms with E-state index in [0.717, 1.165) is 45.4 Å². The molecule has 146 valence electrons. The highest BCUT2D eigenvalue weighted by Crippen LogP contribution is 2.41. The van der Waals surface area contributed by atoms with Gasteiger partial charge in [0.2, 0.25) is 5.56 Å². The van der Waals surface area contributed by atoms with Crippen LogP contribution in [-0.4, -0.2) is 31.3 Å². The predicted octanol–water partition coefficient (Wildman–Crippen LogP) is 3.94. The number of pyridine rings is 1. The van der Waals surface area contributed by atoms with Crippen molar-refractivity contribution >= 4 is 11.3 Å². The maximum absolute atomic E-state index is 11.3. The lowest BCUT2D eigenvalue weighted by Gasteiger charge is -2.10. The summed E-state index contributed by atoms with van der Waals surface area (Å²) in [5.41, 5.74) is 3.73. The molecule has 3 aromatic heterocycles. The molecule has 5 rings (SSSR count). The lowest BCUT2D eigenvalue weighted by Crippen LogP contribution is -2.04. The number of benzene rings is 1. The summed E-state index contributed by atoms with van der Waals surface area (Å²) in [7, 11) is 0. The van der Waals surface area contributed by atoms with Crippen LogP contribution in [0.1, 0.15) is 24.8 Å². The molecule has 0 atom stereocenters. The highest BCUT2D eigenvalue weighted by molar-refractivity contribution is 7.15. The van der Waals surface area contributed by atoms with Gasteiger partial charge >= 0.3 is 0 Å². The molecule has 8 heteroatoms. The van der Waals surface area contributed by atoms with Gasteiger partial charge < -0.3 is 9.72 Å². The molecule has 0 spiro atoms. The summed E-state index contributed by atoms with van der Waals surface area (Å²) in [5, 5.41) is 5.21. The zero-order chi connectivity index (χ0) is 20.0. The Morgan fingerprint density at radius 3 is 2.86 bits per heavy atom. The summed E-state index contributed by atoms with van der Waals surface area (Å²) >= 11 is 1.65. The van der Waals surface area contributed by atoms with Crippen LogP contribution in [0.3, 0.4) is 0 Å². The molecule has 0 amide bonds. The third-order valence-corrected chi connectivity index (χ3v) is 6.00. The van der Waals surface area contributed by atoms with Crippen molar-refractivity contribution in [3.63, 3.8) is 0 Å². The van der Waals surface area contributed by atoms with Gasteiger partial charge in [-0.05, 0) is 43.2 Å². The number of ether oxygens (including phenoxy) is 1. The third-order valence-electron chi connectivity index (χ3n) is 4.89. The number of thiazole rings is 1. The number of hydrogen-bond donors (Lipinski definition) is 1. The zero-order valence-electron chi connectivity index (χ0n) is 16.0. The van der Waals surface area contributed by atoms with Crippen molar-refractivity contribution in [2.45, 2.75) is 26.3 Å². The maximum atomic E-state index is 11.3. The van der Waals surface area contributed by atoms with Crippen molar-refractivity contribution in [3.8, 4) is 39.0 Å². The minimum Gasteiger partial charge on any atom is -0.492 e. The summed E-state index contributed by atoms with van der Waals surface area (Å²) in [6.45, 7) is 4.75. The number of hydrogen-bond acceptors (Lipinski definition) is 6. The van der Waals surface area contributed by atoms with Crippen LogP contribution in [-0.2, 0) is 6.42 Å². The first-order valence-electron chi connectivity index (χ1n) is 9.46. The number of rotatable bonds is 3. The molecular weight excluding hydrogens is 386 g/mol. The van der Waals surface area contributed by atoms with Gasteiger partial charge in [-0.3, -0.25) is 4.79 Å². The molecule has 0 aliphatic carbocycles. The molecule has 0 unspecified atom stereocenters. The van der Waals surface area contributed by atoms with Crippen molar-refractivity contribution in [2.24, 2.45) is 0 Å². The second kappa shape index (κ2) is 6.97. The second-order valence-corrected chi connectivity index (χ2v) is 8.25. The average Bonchev–Trinajstić information content (AvgIpc) is 3.33. The lowest BCUT2D eigenvalue weighted by molar-refractivity contribution is 0.327. The molecule has 1 N–H and O–H groups in total. The smallest absolute Gasteiger partial charge is 0.247 e. The first-order chi connectivity index (χ1) is 14.1. The number of aromatic amines is 1. The van der Waals surface area contributed by atoms with E-state index in [2.05, 4.69) is 28.9 Å². The lowest BCUT2D eigenvalue weighted by atomic mass is 10.0. The summed E-state index contributed by atoms with van der Waals surface area (Å²) in [6.07, 6.45) is 4.09. The number of aromatic nitrogens is 5. The second-order valence-electron chi connectivity index (χ2n) is 7.16. The van der Waals surface area contributed by atoms with Crippen LogP contribution in [0.25, 0.3) is 33.2 Å². The number of nitrogens with one attached hydrogen (secondary N) is 1. The molecule has 7 nitrogen and oxygen atoms in total. The molecule has 29 heavy (non-hydrogen) atoms. The molecular formula is C21H19N5O2S. The van der Waals surface area contributed by atoms with Crippen LogP contribution in [0.2, 0.25) is 0 Å². The Morgan fingerprint density at radius 2 is 2.07 bits per heavy atom. The Kier molecular flexibility index (Phi) is 4.28. The highest BCUT2D eigenvalue weighted by Gasteiger charge is 2.23. The summed E-state index contributed by atoms with van der Waals surface area (Å²) in [4.78, 5) is 24.6. The van der Waals surface area contributed by atoms with E-state index in [4.69, 9.17) is 9.72 Å². The fraction of sp³-hybridized carbons (Fsp3) is 0.238. The Labute approximate surface area is 171 Å². The summed E-state index contributed by atoms with van der Waals surface area (Å²) in [5.74, 6) is 1.60. The largest absolute Gasteiger partial charge is 0.492 e. The van der Waals surface area contributed by atoms with E-state index in [1.165, 1.54) is 10.9 Å². The third kappa shape index (κ3) is 3.15. The van der Waals surface area contributed by atoms with Gasteiger partial charge in [-0.1, -0.05) is 6.07 Å². The van der Waals surface area contributed by atoms with Gasteiger partial charge in [-0.25, -0.2) is 14.6 Å². The zero-order valence-corrected chi connectivity index (χ0v) is 16.9. The molecule has 0 saturated heterocycles. The SMILES string of the molecule is CC(C)n1ncnc1-c1nc2c(s1)CCOc1cc(-c3ccc(=O)[nH]c3)ccc1-2. The Balaban J connectivity index is 1.59. The van der Waals surface area contributed by atoms with E-state index < -0.39 is 0 Å². The van der Waals surface area contributed by atoms with Gasteiger partial charge in [0.05, 0.1) is 12.3 Å². The van der Waals surface area contributed by atoms with Crippen LogP contribution in [0.4, 0.5) is 0 Å². The average molecular weight is 405 g/mol. The van der Waals surface area contributed by atoms with Crippen molar-refractivity contribution in [1.29, 1.82) is 0 Å². The topological polar surface area (TPSA) is 85.7 Å². The Morgan fingerprint density at radius 1 is 1.21 bits per heavy atom. The van der Waals surface area contributed by atoms with Gasteiger partial charge in [0.15, 0.2) is 10.8 Å². The van der Waals surface area contributed by atoms with E-state index in [0.29, 0.717) is 6.61 Å². The van der Waals surface area contributed by atoms with Crippen LogP contribution in [0, 0.1) is 0 Å². The standard InChI is InChI=1S/C21H19N5O2S/c1-12(2)26-20(23-11-24-26)21-25-19-15-5-3-13(14-4-6-18(27)22-10-14)9-16(15)28-8-7-17(19)29-21/h3-6,9-12H,7-8H2,1-2H3,(H,22,27). The molecule has 0 bridgehead atoms. The quantitative estimate of drug-likeness (QED) is 0.558. The minimum absolute atomic E-state index is 0.117. The number of H-pyrrole nitrogens is 1. The van der Waals surface area contributed by atoms with E-state index in [9.17, 15) is 4.79 Å². The van der Waals surface area contributed by atoms with Gasteiger partial charge in [0.25, 0.3) is 0 Å². The van der Waals surface area contributed by atoms with E-state index in [1.807, 2.05) is 28.9 Å². The van der Waals surface area contributed by atoms with Crippen LogP contribution in [0.15, 0.2) is 47.7 Å². The number of fused-ring (bicyclic) bond motifs is 3. The number of nitrogens with zero attached hydrogens (tertiary/aromatic N) is 4.